The van der Waals surface area contributed by atoms with Crippen LogP contribution in [0, 0.1) is 5.92 Å². The molecule has 1 aromatic rings. The van der Waals surface area contributed by atoms with Crippen molar-refractivity contribution in [1.29, 1.82) is 0 Å². The zero-order valence-electron chi connectivity index (χ0n) is 11.5. The molecule has 19 heavy (non-hydrogen) atoms. The van der Waals surface area contributed by atoms with E-state index in [0.717, 1.165) is 10.0 Å². The number of aliphatic hydroxyl groups is 1. The molecule has 0 aliphatic heterocycles. The summed E-state index contributed by atoms with van der Waals surface area (Å²) >= 11 is 3.40. The summed E-state index contributed by atoms with van der Waals surface area (Å²) in [5.74, 6) is 1.35. The number of rotatable bonds is 5. The summed E-state index contributed by atoms with van der Waals surface area (Å²) < 4.78 is 11.2. The molecule has 2 atom stereocenters. The number of benzene rings is 1. The van der Waals surface area contributed by atoms with Crippen LogP contribution in [-0.4, -0.2) is 25.4 Å². The molecule has 0 unspecified atom stereocenters. The number of hydrogen-bond donors (Lipinski definition) is 2. The number of methoxy groups -OCH3 is 2. The van der Waals surface area contributed by atoms with E-state index in [4.69, 9.17) is 15.2 Å². The fraction of sp³-hybridized carbons (Fsp3) is 0.538. The number of nitrogens with two attached hydrogens (primary N) is 1. The van der Waals surface area contributed by atoms with Crippen LogP contribution in [-0.2, 0) is 0 Å². The van der Waals surface area contributed by atoms with Crippen molar-refractivity contribution in [3.63, 3.8) is 0 Å². The van der Waals surface area contributed by atoms with Crippen molar-refractivity contribution in [3.8, 4) is 11.5 Å². The predicted octanol–water partition coefficient (Wildman–Crippen LogP) is 2.90. The topological polar surface area (TPSA) is 64.7 Å². The average Bonchev–Trinajstić information content (AvgIpc) is 2.37. The van der Waals surface area contributed by atoms with E-state index in [9.17, 15) is 5.11 Å². The number of hydrogen-bond acceptors (Lipinski definition) is 4. The Balaban J connectivity index is 0.00000324. The molecule has 0 saturated heterocycles. The summed E-state index contributed by atoms with van der Waals surface area (Å²) in [6.45, 7) is 3.86. The zero-order valence-corrected chi connectivity index (χ0v) is 13.9. The molecular formula is C13H21BrClNO3. The first-order valence-corrected chi connectivity index (χ1v) is 6.56. The van der Waals surface area contributed by atoms with Crippen LogP contribution in [0.15, 0.2) is 16.6 Å². The molecule has 0 aromatic heterocycles. The van der Waals surface area contributed by atoms with E-state index in [-0.39, 0.29) is 18.3 Å². The van der Waals surface area contributed by atoms with Gasteiger partial charge in [-0.2, -0.15) is 0 Å². The van der Waals surface area contributed by atoms with E-state index in [1.807, 2.05) is 26.0 Å². The maximum Gasteiger partial charge on any atom is 0.137 e. The van der Waals surface area contributed by atoms with Gasteiger partial charge in [-0.25, -0.2) is 0 Å². The van der Waals surface area contributed by atoms with Crippen LogP contribution in [0.5, 0.6) is 11.5 Å². The Morgan fingerprint density at radius 2 is 1.58 bits per heavy atom. The van der Waals surface area contributed by atoms with Crippen LogP contribution in [0.3, 0.4) is 0 Å². The van der Waals surface area contributed by atoms with Gasteiger partial charge in [0, 0.05) is 0 Å². The SMILES string of the molecule is COc1cc([C@@H](N)[C@@H](O)C(C)C)cc(OC)c1Br.Cl. The fourth-order valence-electron chi connectivity index (χ4n) is 1.69. The minimum atomic E-state index is -0.611. The van der Waals surface area contributed by atoms with E-state index in [1.54, 1.807) is 14.2 Å². The van der Waals surface area contributed by atoms with Gasteiger partial charge in [-0.15, -0.1) is 12.4 Å². The minimum Gasteiger partial charge on any atom is -0.495 e. The third-order valence-corrected chi connectivity index (χ3v) is 3.69. The minimum absolute atomic E-state index is 0. The maximum absolute atomic E-state index is 10.0. The number of aliphatic hydroxyl groups excluding tert-OH is 1. The summed E-state index contributed by atoms with van der Waals surface area (Å²) in [7, 11) is 3.15. The highest BCUT2D eigenvalue weighted by atomic mass is 79.9. The standard InChI is InChI=1S/C13H20BrNO3.ClH/c1-7(2)13(16)12(15)8-5-9(17-3)11(14)10(6-8)18-4;/h5-7,12-13,16H,15H2,1-4H3;1H/t12-,13+;/m1./s1. The second-order valence-electron chi connectivity index (χ2n) is 4.50. The highest BCUT2D eigenvalue weighted by molar-refractivity contribution is 9.10. The van der Waals surface area contributed by atoms with Gasteiger partial charge in [0.25, 0.3) is 0 Å². The van der Waals surface area contributed by atoms with Crippen molar-refractivity contribution in [2.45, 2.75) is 26.0 Å². The van der Waals surface area contributed by atoms with Gasteiger partial charge in [0.15, 0.2) is 0 Å². The highest BCUT2D eigenvalue weighted by Gasteiger charge is 2.22. The molecule has 0 heterocycles. The lowest BCUT2D eigenvalue weighted by Gasteiger charge is -2.23. The van der Waals surface area contributed by atoms with Gasteiger partial charge in [-0.3, -0.25) is 0 Å². The van der Waals surface area contributed by atoms with Crippen LogP contribution >= 0.6 is 28.3 Å². The molecule has 0 aliphatic rings. The predicted molar refractivity (Wildman–Crippen MR) is 82.3 cm³/mol. The summed E-state index contributed by atoms with van der Waals surface area (Å²) in [5, 5.41) is 10.0. The Labute approximate surface area is 128 Å². The second-order valence-corrected chi connectivity index (χ2v) is 5.29. The smallest absolute Gasteiger partial charge is 0.137 e. The molecule has 0 spiro atoms. The lowest BCUT2D eigenvalue weighted by Crippen LogP contribution is -2.30. The van der Waals surface area contributed by atoms with Crippen molar-refractivity contribution >= 4 is 28.3 Å². The van der Waals surface area contributed by atoms with Crippen LogP contribution in [0.2, 0.25) is 0 Å². The third kappa shape index (κ3) is 4.24. The van der Waals surface area contributed by atoms with E-state index in [0.29, 0.717) is 11.5 Å². The van der Waals surface area contributed by atoms with Gasteiger partial charge in [0.2, 0.25) is 0 Å². The summed E-state index contributed by atoms with van der Waals surface area (Å²) in [6, 6.07) is 3.15. The van der Waals surface area contributed by atoms with Crippen LogP contribution in [0.1, 0.15) is 25.5 Å². The second kappa shape index (κ2) is 7.94. The fourth-order valence-corrected chi connectivity index (χ4v) is 2.25. The molecule has 110 valence electrons. The molecule has 1 aromatic carbocycles. The summed E-state index contributed by atoms with van der Waals surface area (Å²) in [5.41, 5.74) is 6.85. The zero-order chi connectivity index (χ0) is 13.9. The normalized spacial score (nSPS) is 13.7. The van der Waals surface area contributed by atoms with Crippen molar-refractivity contribution < 1.29 is 14.6 Å². The quantitative estimate of drug-likeness (QED) is 0.853. The molecular weight excluding hydrogens is 334 g/mol. The maximum atomic E-state index is 10.0. The van der Waals surface area contributed by atoms with Crippen LogP contribution in [0.4, 0.5) is 0 Å². The van der Waals surface area contributed by atoms with E-state index in [2.05, 4.69) is 15.9 Å². The molecule has 6 heteroatoms. The average molecular weight is 355 g/mol. The van der Waals surface area contributed by atoms with Crippen molar-refractivity contribution in [3.05, 3.63) is 22.2 Å². The van der Waals surface area contributed by atoms with Gasteiger partial charge in [-0.1, -0.05) is 13.8 Å². The first-order chi connectivity index (χ1) is 8.42. The van der Waals surface area contributed by atoms with Gasteiger partial charge in [0.1, 0.15) is 16.0 Å². The van der Waals surface area contributed by atoms with Crippen molar-refractivity contribution in [2.75, 3.05) is 14.2 Å². The number of halogens is 2. The summed E-state index contributed by atoms with van der Waals surface area (Å²) in [6.07, 6.45) is -0.611. The molecule has 0 amide bonds. The summed E-state index contributed by atoms with van der Waals surface area (Å²) in [4.78, 5) is 0. The van der Waals surface area contributed by atoms with Crippen molar-refractivity contribution in [2.24, 2.45) is 11.7 Å². The lowest BCUT2D eigenvalue weighted by molar-refractivity contribution is 0.0978. The first kappa shape index (κ1) is 18.5. The molecule has 0 aliphatic carbocycles. The molecule has 0 saturated carbocycles. The Kier molecular flexibility index (Phi) is 7.74. The Morgan fingerprint density at radius 1 is 1.16 bits per heavy atom. The highest BCUT2D eigenvalue weighted by Crippen LogP contribution is 2.37. The monoisotopic (exact) mass is 353 g/mol. The molecule has 1 rings (SSSR count). The third-order valence-electron chi connectivity index (χ3n) is 2.90. The van der Waals surface area contributed by atoms with Gasteiger partial charge < -0.3 is 20.3 Å². The van der Waals surface area contributed by atoms with Crippen LogP contribution < -0.4 is 15.2 Å². The van der Waals surface area contributed by atoms with E-state index in [1.165, 1.54) is 0 Å². The lowest BCUT2D eigenvalue weighted by atomic mass is 9.94. The Morgan fingerprint density at radius 3 is 1.89 bits per heavy atom. The largest absolute Gasteiger partial charge is 0.495 e. The Bertz CT molecular complexity index is 390. The molecule has 4 nitrogen and oxygen atoms in total. The van der Waals surface area contributed by atoms with Gasteiger partial charge >= 0.3 is 0 Å². The van der Waals surface area contributed by atoms with Crippen LogP contribution in [0.25, 0.3) is 0 Å². The van der Waals surface area contributed by atoms with E-state index < -0.39 is 12.1 Å². The Hall–Kier alpha value is -0.490. The molecule has 0 fully saturated rings. The molecule has 0 bridgehead atoms. The van der Waals surface area contributed by atoms with Gasteiger partial charge in [0.05, 0.1) is 26.4 Å². The van der Waals surface area contributed by atoms with Gasteiger partial charge in [-0.05, 0) is 39.5 Å². The van der Waals surface area contributed by atoms with Crippen molar-refractivity contribution in [1.82, 2.24) is 0 Å². The molecule has 0 radical (unpaired) electrons. The number of ether oxygens (including phenoxy) is 2. The first-order valence-electron chi connectivity index (χ1n) is 5.77. The molecule has 3 N–H and O–H groups in total. The van der Waals surface area contributed by atoms with E-state index >= 15 is 0 Å².